The Labute approximate surface area is 117 Å². The second-order valence-corrected chi connectivity index (χ2v) is 4.19. The number of benzene rings is 1. The largest absolute Gasteiger partial charge is 0.491 e. The molecule has 0 atom stereocenters. The summed E-state index contributed by atoms with van der Waals surface area (Å²) in [7, 11) is 0. The maximum absolute atomic E-state index is 8.66. The molecule has 1 N–H and O–H groups in total. The van der Waals surface area contributed by atoms with Crippen molar-refractivity contribution in [1.82, 2.24) is 10.1 Å². The van der Waals surface area contributed by atoms with Crippen LogP contribution in [0.4, 0.5) is 0 Å². The van der Waals surface area contributed by atoms with Crippen molar-refractivity contribution in [2.45, 2.75) is 26.4 Å². The molecule has 0 amide bonds. The molecule has 6 heteroatoms. The fourth-order valence-corrected chi connectivity index (χ4v) is 1.61. The van der Waals surface area contributed by atoms with Crippen LogP contribution < -0.4 is 9.47 Å². The van der Waals surface area contributed by atoms with Gasteiger partial charge in [0.05, 0.1) is 6.61 Å². The molecular weight excluding hydrogens is 260 g/mol. The van der Waals surface area contributed by atoms with E-state index < -0.39 is 0 Å². The first-order chi connectivity index (χ1) is 9.81. The molecule has 20 heavy (non-hydrogen) atoms. The van der Waals surface area contributed by atoms with Crippen molar-refractivity contribution < 1.29 is 19.1 Å². The summed E-state index contributed by atoms with van der Waals surface area (Å²) >= 11 is 0. The first-order valence-corrected chi connectivity index (χ1v) is 6.59. The van der Waals surface area contributed by atoms with Gasteiger partial charge in [-0.05, 0) is 30.7 Å². The second-order valence-electron chi connectivity index (χ2n) is 4.19. The van der Waals surface area contributed by atoms with E-state index in [1.54, 1.807) is 24.3 Å². The number of rotatable bonds is 8. The van der Waals surface area contributed by atoms with Crippen molar-refractivity contribution in [1.29, 1.82) is 0 Å². The molecule has 1 aromatic carbocycles. The van der Waals surface area contributed by atoms with Crippen molar-refractivity contribution in [2.24, 2.45) is 0 Å². The zero-order valence-electron chi connectivity index (χ0n) is 11.4. The molecule has 2 rings (SSSR count). The first kappa shape index (κ1) is 14.3. The average Bonchev–Trinajstić information content (AvgIpc) is 2.92. The Morgan fingerprint density at radius 1 is 1.15 bits per heavy atom. The third-order valence-corrected chi connectivity index (χ3v) is 2.53. The molecule has 0 radical (unpaired) electrons. The topological polar surface area (TPSA) is 77.6 Å². The maximum Gasteiger partial charge on any atom is 0.226 e. The van der Waals surface area contributed by atoms with Crippen LogP contribution in [-0.2, 0) is 13.0 Å². The number of ether oxygens (including phenoxy) is 2. The van der Waals surface area contributed by atoms with Crippen LogP contribution in [0.25, 0.3) is 0 Å². The van der Waals surface area contributed by atoms with E-state index in [4.69, 9.17) is 19.1 Å². The molecule has 0 aliphatic carbocycles. The predicted molar refractivity (Wildman–Crippen MR) is 71.6 cm³/mol. The Bertz CT molecular complexity index is 510. The Balaban J connectivity index is 1.83. The summed E-state index contributed by atoms with van der Waals surface area (Å²) in [4.78, 5) is 4.22. The van der Waals surface area contributed by atoms with Gasteiger partial charge >= 0.3 is 0 Å². The Morgan fingerprint density at radius 3 is 2.50 bits per heavy atom. The molecule has 1 aromatic heterocycles. The van der Waals surface area contributed by atoms with Crippen LogP contribution in [0.3, 0.4) is 0 Å². The van der Waals surface area contributed by atoms with Gasteiger partial charge in [0.25, 0.3) is 0 Å². The highest BCUT2D eigenvalue weighted by atomic mass is 16.5. The van der Waals surface area contributed by atoms with Gasteiger partial charge in [-0.25, -0.2) is 0 Å². The summed E-state index contributed by atoms with van der Waals surface area (Å²) in [5, 5.41) is 12.5. The molecule has 6 nitrogen and oxygen atoms in total. The maximum atomic E-state index is 8.66. The minimum atomic E-state index is -0.00380. The van der Waals surface area contributed by atoms with Gasteiger partial charge in [0.15, 0.2) is 6.61 Å². The quantitative estimate of drug-likeness (QED) is 0.795. The second kappa shape index (κ2) is 7.49. The van der Waals surface area contributed by atoms with Crippen LogP contribution >= 0.6 is 0 Å². The summed E-state index contributed by atoms with van der Waals surface area (Å²) < 4.78 is 15.9. The highest BCUT2D eigenvalue weighted by molar-refractivity contribution is 5.31. The lowest BCUT2D eigenvalue weighted by Crippen LogP contribution is -2.01. The molecule has 0 unspecified atom stereocenters. The molecule has 0 aliphatic heterocycles. The predicted octanol–water partition coefficient (Wildman–Crippen LogP) is 1.97. The zero-order valence-corrected chi connectivity index (χ0v) is 11.4. The Hall–Kier alpha value is -2.08. The SMILES string of the molecule is CCCc1nc(COc2ccc(OCCO)cc2)no1. The summed E-state index contributed by atoms with van der Waals surface area (Å²) in [6.07, 6.45) is 1.75. The molecule has 0 saturated carbocycles. The Morgan fingerprint density at radius 2 is 1.85 bits per heavy atom. The highest BCUT2D eigenvalue weighted by Gasteiger charge is 2.06. The van der Waals surface area contributed by atoms with Crippen molar-refractivity contribution in [3.8, 4) is 11.5 Å². The number of aliphatic hydroxyl groups excluding tert-OH is 1. The number of aliphatic hydroxyl groups is 1. The van der Waals surface area contributed by atoms with Gasteiger partial charge in [-0.1, -0.05) is 12.1 Å². The number of hydrogen-bond donors (Lipinski definition) is 1. The van der Waals surface area contributed by atoms with Gasteiger partial charge in [0.2, 0.25) is 11.7 Å². The molecule has 0 saturated heterocycles. The van der Waals surface area contributed by atoms with Crippen molar-refractivity contribution in [3.63, 3.8) is 0 Å². The lowest BCUT2D eigenvalue weighted by atomic mass is 10.3. The third-order valence-electron chi connectivity index (χ3n) is 2.53. The smallest absolute Gasteiger partial charge is 0.226 e. The number of aromatic nitrogens is 2. The normalized spacial score (nSPS) is 10.5. The van der Waals surface area contributed by atoms with E-state index in [1.165, 1.54) is 0 Å². The van der Waals surface area contributed by atoms with E-state index >= 15 is 0 Å². The molecule has 1 heterocycles. The molecular formula is C14H18N2O4. The van der Waals surface area contributed by atoms with E-state index in [0.717, 1.165) is 12.8 Å². The van der Waals surface area contributed by atoms with Gasteiger partial charge < -0.3 is 19.1 Å². The molecule has 0 spiro atoms. The lowest BCUT2D eigenvalue weighted by molar-refractivity contribution is 0.201. The lowest BCUT2D eigenvalue weighted by Gasteiger charge is -2.06. The summed E-state index contributed by atoms with van der Waals surface area (Å²) in [6.45, 7) is 2.60. The van der Waals surface area contributed by atoms with Gasteiger partial charge in [-0.15, -0.1) is 0 Å². The van der Waals surface area contributed by atoms with Gasteiger partial charge in [-0.3, -0.25) is 0 Å². The fraction of sp³-hybridized carbons (Fsp3) is 0.429. The van der Waals surface area contributed by atoms with Crippen molar-refractivity contribution in [2.75, 3.05) is 13.2 Å². The van der Waals surface area contributed by atoms with E-state index in [1.807, 2.05) is 0 Å². The highest BCUT2D eigenvalue weighted by Crippen LogP contribution is 2.18. The van der Waals surface area contributed by atoms with E-state index in [0.29, 0.717) is 23.2 Å². The molecule has 108 valence electrons. The van der Waals surface area contributed by atoms with Crippen LogP contribution in [-0.4, -0.2) is 28.5 Å². The van der Waals surface area contributed by atoms with Crippen LogP contribution in [0.15, 0.2) is 28.8 Å². The van der Waals surface area contributed by atoms with E-state index in [-0.39, 0.29) is 19.8 Å². The number of nitrogens with zero attached hydrogens (tertiary/aromatic N) is 2. The standard InChI is InChI=1S/C14H18N2O4/c1-2-3-14-15-13(16-20-14)10-19-12-6-4-11(5-7-12)18-9-8-17/h4-7,17H,2-3,8-10H2,1H3. The summed E-state index contributed by atoms with van der Waals surface area (Å²) in [5.74, 6) is 2.56. The molecule has 0 fully saturated rings. The number of hydrogen-bond acceptors (Lipinski definition) is 6. The molecule has 2 aromatic rings. The Kier molecular flexibility index (Phi) is 5.37. The van der Waals surface area contributed by atoms with Crippen LogP contribution in [0.5, 0.6) is 11.5 Å². The summed E-state index contributed by atoms with van der Waals surface area (Å²) in [6, 6.07) is 7.15. The van der Waals surface area contributed by atoms with Crippen LogP contribution in [0, 0.1) is 0 Å². The third kappa shape index (κ3) is 4.24. The molecule has 0 aliphatic rings. The average molecular weight is 278 g/mol. The summed E-state index contributed by atoms with van der Waals surface area (Å²) in [5.41, 5.74) is 0. The number of aryl methyl sites for hydroxylation is 1. The van der Waals surface area contributed by atoms with Gasteiger partial charge in [0, 0.05) is 6.42 Å². The first-order valence-electron chi connectivity index (χ1n) is 6.59. The molecule has 0 bridgehead atoms. The van der Waals surface area contributed by atoms with E-state index in [9.17, 15) is 0 Å². The fourth-order valence-electron chi connectivity index (χ4n) is 1.61. The van der Waals surface area contributed by atoms with Crippen molar-refractivity contribution >= 4 is 0 Å². The minimum absolute atomic E-state index is 0.00380. The monoisotopic (exact) mass is 278 g/mol. The van der Waals surface area contributed by atoms with E-state index in [2.05, 4.69) is 17.1 Å². The van der Waals surface area contributed by atoms with Crippen LogP contribution in [0.1, 0.15) is 25.1 Å². The van der Waals surface area contributed by atoms with Gasteiger partial charge in [-0.2, -0.15) is 4.98 Å². The van der Waals surface area contributed by atoms with Crippen LogP contribution in [0.2, 0.25) is 0 Å². The van der Waals surface area contributed by atoms with Gasteiger partial charge in [0.1, 0.15) is 18.1 Å². The zero-order chi connectivity index (χ0) is 14.2. The van der Waals surface area contributed by atoms with Crippen molar-refractivity contribution in [3.05, 3.63) is 36.0 Å². The minimum Gasteiger partial charge on any atom is -0.491 e.